The quantitative estimate of drug-likeness (QED) is 0.594. The number of hydrogen-bond donors (Lipinski definition) is 2. The molecule has 3 heterocycles. The van der Waals surface area contributed by atoms with Gasteiger partial charge in [-0.2, -0.15) is 10.1 Å². The van der Waals surface area contributed by atoms with Crippen molar-refractivity contribution in [2.75, 3.05) is 18.3 Å². The first-order chi connectivity index (χ1) is 10.0. The summed E-state index contributed by atoms with van der Waals surface area (Å²) in [5.74, 6) is -0.00295. The van der Waals surface area contributed by atoms with E-state index >= 15 is 0 Å². The molecular weight excluding hydrogens is 296 g/mol. The molecule has 1 aliphatic heterocycles. The van der Waals surface area contributed by atoms with Crippen molar-refractivity contribution in [3.05, 3.63) is 18.0 Å². The summed E-state index contributed by atoms with van der Waals surface area (Å²) < 4.78 is 18.5. The molecule has 110 valence electrons. The number of hydrogen-bond acceptors (Lipinski definition) is 7. The summed E-state index contributed by atoms with van der Waals surface area (Å²) >= 11 is -1.40. The first-order valence-corrected chi connectivity index (χ1v) is 7.52. The number of nitrogens with one attached hydrogen (secondary N) is 2. The predicted octanol–water partition coefficient (Wildman–Crippen LogP) is -0.229. The zero-order valence-electron chi connectivity index (χ0n) is 11.3. The fourth-order valence-electron chi connectivity index (χ4n) is 1.83. The van der Waals surface area contributed by atoms with Gasteiger partial charge in [0.25, 0.3) is 5.91 Å². The SMILES string of the molecule is Cn1cc(Nc2nc([S+](C)[O-])nc3c2C(=O)NCO3)cn1. The van der Waals surface area contributed by atoms with Crippen molar-refractivity contribution in [3.8, 4) is 5.88 Å². The summed E-state index contributed by atoms with van der Waals surface area (Å²) in [6.07, 6.45) is 4.76. The van der Waals surface area contributed by atoms with Gasteiger partial charge >= 0.3 is 5.16 Å². The highest BCUT2D eigenvalue weighted by Crippen LogP contribution is 2.28. The van der Waals surface area contributed by atoms with Gasteiger partial charge in [-0.05, 0) is 0 Å². The summed E-state index contributed by atoms with van der Waals surface area (Å²) in [5.41, 5.74) is 0.823. The monoisotopic (exact) mass is 308 g/mol. The topological polar surface area (TPSA) is 117 Å². The lowest BCUT2D eigenvalue weighted by Gasteiger charge is -2.19. The highest BCUT2D eigenvalue weighted by Gasteiger charge is 2.28. The summed E-state index contributed by atoms with van der Waals surface area (Å²) in [7, 11) is 1.77. The first kappa shape index (κ1) is 13.6. The zero-order valence-corrected chi connectivity index (χ0v) is 12.1. The van der Waals surface area contributed by atoms with Gasteiger partial charge in [-0.3, -0.25) is 9.48 Å². The maximum atomic E-state index is 12.0. The number of amides is 1. The molecule has 1 unspecified atom stereocenters. The number of aromatic nitrogens is 4. The van der Waals surface area contributed by atoms with E-state index in [2.05, 4.69) is 25.7 Å². The summed E-state index contributed by atoms with van der Waals surface area (Å²) in [5, 5.41) is 9.62. The Labute approximate surface area is 122 Å². The molecule has 0 bridgehead atoms. The minimum atomic E-state index is -1.40. The van der Waals surface area contributed by atoms with Gasteiger partial charge in [0.05, 0.1) is 11.9 Å². The Hall–Kier alpha value is -2.33. The van der Waals surface area contributed by atoms with Gasteiger partial charge in [0.2, 0.25) is 5.88 Å². The van der Waals surface area contributed by atoms with Crippen LogP contribution in [0.1, 0.15) is 10.4 Å². The number of ether oxygens (including phenoxy) is 1. The molecule has 21 heavy (non-hydrogen) atoms. The van der Waals surface area contributed by atoms with Gasteiger partial charge < -0.3 is 19.9 Å². The molecule has 10 heteroatoms. The van der Waals surface area contributed by atoms with Crippen LogP contribution in [0.25, 0.3) is 0 Å². The number of nitrogens with zero attached hydrogens (tertiary/aromatic N) is 4. The fourth-order valence-corrected chi connectivity index (χ4v) is 2.26. The standard InChI is InChI=1S/C11H12N6O3S/c1-17-4-6(3-13-17)14-8-7-9(18)12-5-20-10(7)16-11(15-8)21(2)19/h3-4H,5H2,1-2H3,(H,12,18)(H,14,15,16). The Morgan fingerprint density at radius 2 is 2.33 bits per heavy atom. The molecule has 0 aromatic carbocycles. The molecule has 0 fully saturated rings. The van der Waals surface area contributed by atoms with E-state index in [0.29, 0.717) is 5.69 Å². The van der Waals surface area contributed by atoms with E-state index in [1.165, 1.54) is 6.26 Å². The molecule has 0 aliphatic carbocycles. The molecule has 1 aliphatic rings. The van der Waals surface area contributed by atoms with E-state index in [0.717, 1.165) is 0 Å². The van der Waals surface area contributed by atoms with Crippen LogP contribution in [0.3, 0.4) is 0 Å². The third-order valence-corrected chi connectivity index (χ3v) is 3.45. The van der Waals surface area contributed by atoms with E-state index < -0.39 is 11.2 Å². The maximum absolute atomic E-state index is 12.0. The molecule has 1 amide bonds. The summed E-state index contributed by atoms with van der Waals surface area (Å²) in [6.45, 7) is 0.0188. The van der Waals surface area contributed by atoms with Crippen molar-refractivity contribution >= 4 is 28.6 Å². The van der Waals surface area contributed by atoms with Gasteiger partial charge in [-0.15, -0.1) is 4.98 Å². The van der Waals surface area contributed by atoms with E-state index in [1.54, 1.807) is 24.1 Å². The smallest absolute Gasteiger partial charge is 0.347 e. The molecule has 1 atom stereocenters. The van der Waals surface area contributed by atoms with E-state index in [1.807, 2.05) is 0 Å². The van der Waals surface area contributed by atoms with Gasteiger partial charge in [0.1, 0.15) is 11.8 Å². The van der Waals surface area contributed by atoms with Crippen LogP contribution in [0.2, 0.25) is 0 Å². The van der Waals surface area contributed by atoms with Crippen molar-refractivity contribution in [1.29, 1.82) is 0 Å². The number of aryl methyl sites for hydroxylation is 1. The Morgan fingerprint density at radius 1 is 1.52 bits per heavy atom. The molecular formula is C11H12N6O3S. The van der Waals surface area contributed by atoms with Gasteiger partial charge in [0.15, 0.2) is 12.5 Å². The fraction of sp³-hybridized carbons (Fsp3) is 0.273. The van der Waals surface area contributed by atoms with E-state index in [-0.39, 0.29) is 35.1 Å². The molecule has 9 nitrogen and oxygen atoms in total. The zero-order chi connectivity index (χ0) is 15.0. The molecule has 2 N–H and O–H groups in total. The Morgan fingerprint density at radius 3 is 3.00 bits per heavy atom. The average Bonchev–Trinajstić information content (AvgIpc) is 2.83. The number of fused-ring (bicyclic) bond motifs is 1. The van der Waals surface area contributed by atoms with Crippen LogP contribution in [0, 0.1) is 0 Å². The lowest BCUT2D eigenvalue weighted by atomic mass is 10.2. The van der Waals surface area contributed by atoms with Gasteiger partial charge in [0, 0.05) is 24.4 Å². The lowest BCUT2D eigenvalue weighted by Crippen LogP contribution is -2.34. The minimum absolute atomic E-state index is 0.0188. The molecule has 0 spiro atoms. The third-order valence-electron chi connectivity index (χ3n) is 2.75. The van der Waals surface area contributed by atoms with Crippen LogP contribution in [0.4, 0.5) is 11.5 Å². The normalized spacial score (nSPS) is 14.9. The van der Waals surface area contributed by atoms with Crippen LogP contribution in [0.5, 0.6) is 5.88 Å². The third kappa shape index (κ3) is 2.62. The number of carbonyl (C=O) groups is 1. The highest BCUT2D eigenvalue weighted by molar-refractivity contribution is 7.90. The van der Waals surface area contributed by atoms with Crippen molar-refractivity contribution < 1.29 is 14.1 Å². The molecule has 0 radical (unpaired) electrons. The average molecular weight is 308 g/mol. The molecule has 2 aromatic rings. The Kier molecular flexibility index (Phi) is 3.39. The number of carbonyl (C=O) groups excluding carboxylic acids is 1. The molecule has 2 aromatic heterocycles. The highest BCUT2D eigenvalue weighted by atomic mass is 32.2. The van der Waals surface area contributed by atoms with Crippen LogP contribution >= 0.6 is 0 Å². The van der Waals surface area contributed by atoms with Crippen molar-refractivity contribution in [3.63, 3.8) is 0 Å². The Bertz CT molecular complexity index is 701. The van der Waals surface area contributed by atoms with Crippen LogP contribution in [-0.2, 0) is 18.2 Å². The van der Waals surface area contributed by atoms with E-state index in [9.17, 15) is 9.35 Å². The molecule has 0 saturated heterocycles. The Balaban J connectivity index is 2.07. The number of rotatable bonds is 3. The summed E-state index contributed by atoms with van der Waals surface area (Å²) in [4.78, 5) is 20.1. The van der Waals surface area contributed by atoms with Crippen molar-refractivity contribution in [1.82, 2.24) is 25.1 Å². The second kappa shape index (κ2) is 5.22. The maximum Gasteiger partial charge on any atom is 0.347 e. The minimum Gasteiger partial charge on any atom is -0.609 e. The summed E-state index contributed by atoms with van der Waals surface area (Å²) in [6, 6.07) is 0. The lowest BCUT2D eigenvalue weighted by molar-refractivity contribution is 0.0877. The van der Waals surface area contributed by atoms with Crippen molar-refractivity contribution in [2.45, 2.75) is 5.16 Å². The second-order valence-electron chi connectivity index (χ2n) is 4.31. The van der Waals surface area contributed by atoms with Crippen LogP contribution in [0.15, 0.2) is 17.6 Å². The second-order valence-corrected chi connectivity index (χ2v) is 5.58. The van der Waals surface area contributed by atoms with Gasteiger partial charge in [-0.1, -0.05) is 0 Å². The van der Waals surface area contributed by atoms with Crippen LogP contribution < -0.4 is 15.4 Å². The van der Waals surface area contributed by atoms with Gasteiger partial charge in [-0.25, -0.2) is 0 Å². The molecule has 3 rings (SSSR count). The number of anilines is 2. The first-order valence-electron chi connectivity index (χ1n) is 5.96. The van der Waals surface area contributed by atoms with Crippen molar-refractivity contribution in [2.24, 2.45) is 7.05 Å². The van der Waals surface area contributed by atoms with Crippen LogP contribution in [-0.4, -0.2) is 43.2 Å². The van der Waals surface area contributed by atoms with E-state index in [4.69, 9.17) is 4.74 Å². The molecule has 0 saturated carbocycles. The largest absolute Gasteiger partial charge is 0.609 e. The predicted molar refractivity (Wildman–Crippen MR) is 73.8 cm³/mol.